The van der Waals surface area contributed by atoms with Crippen LogP contribution >= 0.6 is 11.6 Å². The third-order valence-electron chi connectivity index (χ3n) is 3.93. The number of carbonyl (C=O) groups is 1. The fourth-order valence-corrected chi connectivity index (χ4v) is 2.94. The number of benzene rings is 1. The van der Waals surface area contributed by atoms with Crippen LogP contribution in [-0.2, 0) is 22.4 Å². The molecule has 1 atom stereocenters. The Morgan fingerprint density at radius 3 is 2.86 bits per heavy atom. The van der Waals surface area contributed by atoms with Crippen molar-refractivity contribution in [3.63, 3.8) is 0 Å². The Bertz CT molecular complexity index is 648. The smallest absolute Gasteiger partial charge is 0.309 e. The molecule has 0 aliphatic heterocycles. The van der Waals surface area contributed by atoms with Gasteiger partial charge in [0, 0.05) is 22.6 Å². The Balaban J connectivity index is 1.92. The van der Waals surface area contributed by atoms with E-state index in [0.717, 1.165) is 41.8 Å². The van der Waals surface area contributed by atoms with E-state index in [4.69, 9.17) is 20.9 Å². The lowest BCUT2D eigenvalue weighted by molar-refractivity contribution is -0.145. The molecule has 4 nitrogen and oxygen atoms in total. The molecule has 1 unspecified atom stereocenters. The number of nitrogens with zero attached hydrogens (tertiary/aromatic N) is 1. The number of esters is 1. The van der Waals surface area contributed by atoms with Crippen molar-refractivity contribution in [1.29, 1.82) is 0 Å². The van der Waals surface area contributed by atoms with E-state index in [2.05, 4.69) is 5.16 Å². The lowest BCUT2D eigenvalue weighted by Gasteiger charge is -2.09. The molecule has 21 heavy (non-hydrogen) atoms. The fraction of sp³-hybridized carbons (Fsp3) is 0.375. The molecule has 0 bridgehead atoms. The van der Waals surface area contributed by atoms with E-state index in [1.165, 1.54) is 7.11 Å². The van der Waals surface area contributed by atoms with Crippen molar-refractivity contribution in [2.45, 2.75) is 25.7 Å². The zero-order valence-electron chi connectivity index (χ0n) is 11.8. The van der Waals surface area contributed by atoms with Crippen LogP contribution in [0.1, 0.15) is 24.2 Å². The minimum absolute atomic E-state index is 0.137. The molecule has 0 saturated heterocycles. The van der Waals surface area contributed by atoms with Crippen LogP contribution in [0.25, 0.3) is 11.3 Å². The number of hydrogen-bond acceptors (Lipinski definition) is 4. The zero-order valence-corrected chi connectivity index (χ0v) is 12.5. The Morgan fingerprint density at radius 1 is 1.38 bits per heavy atom. The second-order valence-corrected chi connectivity index (χ2v) is 5.69. The van der Waals surface area contributed by atoms with Crippen molar-refractivity contribution in [3.8, 4) is 11.3 Å². The Kier molecular flexibility index (Phi) is 3.97. The Hall–Kier alpha value is -1.81. The predicted octanol–water partition coefficient (Wildman–Crippen LogP) is 3.66. The van der Waals surface area contributed by atoms with Gasteiger partial charge in [-0.3, -0.25) is 4.79 Å². The first-order chi connectivity index (χ1) is 10.2. The maximum atomic E-state index is 11.7. The first-order valence-electron chi connectivity index (χ1n) is 7.00. The molecule has 1 heterocycles. The second kappa shape index (κ2) is 5.90. The van der Waals surface area contributed by atoms with Crippen LogP contribution in [0.4, 0.5) is 0 Å². The summed E-state index contributed by atoms with van der Waals surface area (Å²) in [5, 5.41) is 4.88. The molecular weight excluding hydrogens is 290 g/mol. The average molecular weight is 306 g/mol. The van der Waals surface area contributed by atoms with Crippen LogP contribution < -0.4 is 0 Å². The van der Waals surface area contributed by atoms with Gasteiger partial charge in [0.25, 0.3) is 0 Å². The summed E-state index contributed by atoms with van der Waals surface area (Å²) in [5.74, 6) is 0.488. The van der Waals surface area contributed by atoms with Crippen molar-refractivity contribution in [1.82, 2.24) is 5.16 Å². The van der Waals surface area contributed by atoms with Crippen molar-refractivity contribution in [3.05, 3.63) is 40.6 Å². The molecule has 1 aliphatic rings. The number of aromatic nitrogens is 1. The average Bonchev–Trinajstić information content (AvgIpc) is 2.77. The summed E-state index contributed by atoms with van der Waals surface area (Å²) in [4.78, 5) is 11.7. The van der Waals surface area contributed by atoms with Gasteiger partial charge in [0.05, 0.1) is 13.0 Å². The SMILES string of the molecule is COC(=O)C1CCCc2c(-c3ccc(Cl)cc3)noc2C1. The van der Waals surface area contributed by atoms with Crippen LogP contribution in [0.3, 0.4) is 0 Å². The van der Waals surface area contributed by atoms with Gasteiger partial charge in [-0.1, -0.05) is 28.9 Å². The van der Waals surface area contributed by atoms with E-state index in [0.29, 0.717) is 11.4 Å². The van der Waals surface area contributed by atoms with Gasteiger partial charge in [0.1, 0.15) is 11.5 Å². The summed E-state index contributed by atoms with van der Waals surface area (Å²) in [7, 11) is 1.42. The molecule has 2 aromatic rings. The van der Waals surface area contributed by atoms with E-state index in [9.17, 15) is 4.79 Å². The highest BCUT2D eigenvalue weighted by Crippen LogP contribution is 2.33. The number of carbonyl (C=O) groups excluding carboxylic acids is 1. The van der Waals surface area contributed by atoms with Crippen LogP contribution in [0, 0.1) is 5.92 Å². The number of fused-ring (bicyclic) bond motifs is 1. The number of halogens is 1. The molecule has 1 aromatic carbocycles. The number of methoxy groups -OCH3 is 1. The van der Waals surface area contributed by atoms with E-state index < -0.39 is 0 Å². The van der Waals surface area contributed by atoms with Gasteiger partial charge in [-0.2, -0.15) is 0 Å². The molecule has 0 N–H and O–H groups in total. The molecule has 0 amide bonds. The fourth-order valence-electron chi connectivity index (χ4n) is 2.81. The first-order valence-corrected chi connectivity index (χ1v) is 7.38. The highest BCUT2D eigenvalue weighted by Gasteiger charge is 2.28. The maximum absolute atomic E-state index is 11.7. The highest BCUT2D eigenvalue weighted by molar-refractivity contribution is 6.30. The predicted molar refractivity (Wildman–Crippen MR) is 79.1 cm³/mol. The minimum Gasteiger partial charge on any atom is -0.469 e. The van der Waals surface area contributed by atoms with Crippen molar-refractivity contribution < 1.29 is 14.1 Å². The third kappa shape index (κ3) is 2.81. The van der Waals surface area contributed by atoms with Gasteiger partial charge in [-0.15, -0.1) is 0 Å². The largest absolute Gasteiger partial charge is 0.469 e. The monoisotopic (exact) mass is 305 g/mol. The topological polar surface area (TPSA) is 52.3 Å². The van der Waals surface area contributed by atoms with Gasteiger partial charge < -0.3 is 9.26 Å². The minimum atomic E-state index is -0.174. The van der Waals surface area contributed by atoms with Crippen LogP contribution in [0.2, 0.25) is 5.02 Å². The van der Waals surface area contributed by atoms with Gasteiger partial charge in [0.15, 0.2) is 0 Å². The molecule has 1 aromatic heterocycles. The number of rotatable bonds is 2. The van der Waals surface area contributed by atoms with E-state index >= 15 is 0 Å². The maximum Gasteiger partial charge on any atom is 0.309 e. The van der Waals surface area contributed by atoms with Crippen molar-refractivity contribution in [2.24, 2.45) is 5.92 Å². The Morgan fingerprint density at radius 2 is 2.14 bits per heavy atom. The summed E-state index contributed by atoms with van der Waals surface area (Å²) in [5.41, 5.74) is 2.94. The molecule has 0 radical (unpaired) electrons. The molecular formula is C16H16ClNO3. The lowest BCUT2D eigenvalue weighted by Crippen LogP contribution is -2.17. The Labute approximate surface area is 128 Å². The zero-order chi connectivity index (χ0) is 14.8. The third-order valence-corrected chi connectivity index (χ3v) is 4.18. The van der Waals surface area contributed by atoms with E-state index in [1.807, 2.05) is 24.3 Å². The summed E-state index contributed by atoms with van der Waals surface area (Å²) >= 11 is 5.92. The normalized spacial score (nSPS) is 17.9. The molecule has 0 saturated carbocycles. The molecule has 3 rings (SSSR count). The summed E-state index contributed by atoms with van der Waals surface area (Å²) in [6.07, 6.45) is 3.17. The quantitative estimate of drug-likeness (QED) is 0.627. The molecule has 0 fully saturated rings. The summed E-state index contributed by atoms with van der Waals surface area (Å²) in [6.45, 7) is 0. The molecule has 0 spiro atoms. The van der Waals surface area contributed by atoms with Gasteiger partial charge in [-0.05, 0) is 31.4 Å². The van der Waals surface area contributed by atoms with E-state index in [-0.39, 0.29) is 11.9 Å². The molecule has 110 valence electrons. The second-order valence-electron chi connectivity index (χ2n) is 5.26. The van der Waals surface area contributed by atoms with Crippen LogP contribution in [0.15, 0.2) is 28.8 Å². The van der Waals surface area contributed by atoms with Crippen LogP contribution in [0.5, 0.6) is 0 Å². The highest BCUT2D eigenvalue weighted by atomic mass is 35.5. The first kappa shape index (κ1) is 14.1. The lowest BCUT2D eigenvalue weighted by atomic mass is 10.0. The standard InChI is InChI=1S/C16H16ClNO3/c1-20-16(19)11-3-2-4-13-14(9-11)21-18-15(13)10-5-7-12(17)8-6-10/h5-8,11H,2-4,9H2,1H3. The molecule has 5 heteroatoms. The van der Waals surface area contributed by atoms with Crippen molar-refractivity contribution in [2.75, 3.05) is 7.11 Å². The van der Waals surface area contributed by atoms with E-state index in [1.54, 1.807) is 0 Å². The summed E-state index contributed by atoms with van der Waals surface area (Å²) < 4.78 is 10.3. The van der Waals surface area contributed by atoms with Crippen LogP contribution in [-0.4, -0.2) is 18.2 Å². The van der Waals surface area contributed by atoms with Gasteiger partial charge >= 0.3 is 5.97 Å². The number of hydrogen-bond donors (Lipinski definition) is 0. The van der Waals surface area contributed by atoms with Gasteiger partial charge in [0.2, 0.25) is 0 Å². The van der Waals surface area contributed by atoms with Crippen molar-refractivity contribution >= 4 is 17.6 Å². The number of ether oxygens (including phenoxy) is 1. The molecule has 1 aliphatic carbocycles. The summed E-state index contributed by atoms with van der Waals surface area (Å²) in [6, 6.07) is 7.55. The van der Waals surface area contributed by atoms with Gasteiger partial charge in [-0.25, -0.2) is 0 Å².